The van der Waals surface area contributed by atoms with Crippen LogP contribution < -0.4 is 10.5 Å². The van der Waals surface area contributed by atoms with Gasteiger partial charge in [0.1, 0.15) is 5.75 Å². The molecule has 1 heterocycles. The summed E-state index contributed by atoms with van der Waals surface area (Å²) in [4.78, 5) is 3.97. The third-order valence-corrected chi connectivity index (χ3v) is 2.23. The van der Waals surface area contributed by atoms with Crippen molar-refractivity contribution in [2.75, 3.05) is 5.73 Å². The summed E-state index contributed by atoms with van der Waals surface area (Å²) in [7, 11) is 0. The zero-order valence-electron chi connectivity index (χ0n) is 9.08. The Bertz CT molecular complexity index is 509. The molecule has 3 nitrogen and oxygen atoms in total. The zero-order chi connectivity index (χ0) is 12.4. The predicted molar refractivity (Wildman–Crippen MR) is 59.8 cm³/mol. The highest BCUT2D eigenvalue weighted by atomic mass is 19.2. The number of nitrogens with two attached hydrogens (primary N) is 1. The van der Waals surface area contributed by atoms with E-state index in [4.69, 9.17) is 10.5 Å². The molecule has 0 aliphatic rings. The van der Waals surface area contributed by atoms with Crippen molar-refractivity contribution >= 4 is 5.69 Å². The molecule has 2 N–H and O–H groups in total. The van der Waals surface area contributed by atoms with Gasteiger partial charge in [-0.2, -0.15) is 0 Å². The van der Waals surface area contributed by atoms with Gasteiger partial charge >= 0.3 is 0 Å². The fourth-order valence-electron chi connectivity index (χ4n) is 1.24. The van der Waals surface area contributed by atoms with Crippen LogP contribution in [0.5, 0.6) is 11.6 Å². The number of hydrogen-bond acceptors (Lipinski definition) is 3. The maximum absolute atomic E-state index is 12.9. The Morgan fingerprint density at radius 2 is 1.94 bits per heavy atom. The molecule has 0 saturated carbocycles. The van der Waals surface area contributed by atoms with Gasteiger partial charge in [-0.25, -0.2) is 13.8 Å². The second kappa shape index (κ2) is 4.37. The molecule has 2 aromatic rings. The molecule has 0 unspecified atom stereocenters. The Morgan fingerprint density at radius 3 is 2.59 bits per heavy atom. The lowest BCUT2D eigenvalue weighted by Crippen LogP contribution is -1.94. The Balaban J connectivity index is 2.25. The van der Waals surface area contributed by atoms with Crippen LogP contribution in [0.4, 0.5) is 14.5 Å². The summed E-state index contributed by atoms with van der Waals surface area (Å²) in [5.74, 6) is -1.49. The molecule has 88 valence electrons. The van der Waals surface area contributed by atoms with E-state index in [9.17, 15) is 8.78 Å². The summed E-state index contributed by atoms with van der Waals surface area (Å²) in [5, 5.41) is 0. The molecule has 0 aliphatic carbocycles. The molecule has 2 rings (SSSR count). The zero-order valence-corrected chi connectivity index (χ0v) is 9.08. The van der Waals surface area contributed by atoms with Crippen LogP contribution >= 0.6 is 0 Å². The van der Waals surface area contributed by atoms with Crippen LogP contribution in [0.3, 0.4) is 0 Å². The second-order valence-corrected chi connectivity index (χ2v) is 3.56. The lowest BCUT2D eigenvalue weighted by Gasteiger charge is -2.06. The van der Waals surface area contributed by atoms with Crippen molar-refractivity contribution in [3.05, 3.63) is 47.7 Å². The van der Waals surface area contributed by atoms with Crippen molar-refractivity contribution in [2.45, 2.75) is 6.92 Å². The summed E-state index contributed by atoms with van der Waals surface area (Å²) >= 11 is 0. The number of pyridine rings is 1. The molecule has 0 amide bonds. The van der Waals surface area contributed by atoms with E-state index in [1.54, 1.807) is 6.20 Å². The Labute approximate surface area is 96.9 Å². The van der Waals surface area contributed by atoms with Gasteiger partial charge in [0.05, 0.1) is 0 Å². The van der Waals surface area contributed by atoms with Crippen molar-refractivity contribution in [3.8, 4) is 11.6 Å². The van der Waals surface area contributed by atoms with E-state index in [1.165, 1.54) is 12.1 Å². The minimum Gasteiger partial charge on any atom is -0.439 e. The standard InChI is InChI=1S/C12H10F2N2O/c1-7-6-16-12(5-11(7)15)17-8-2-3-9(13)10(14)4-8/h2-6H,1H3,(H2,15,16). The first kappa shape index (κ1) is 11.3. The summed E-state index contributed by atoms with van der Waals surface area (Å²) in [6.07, 6.45) is 1.55. The van der Waals surface area contributed by atoms with Crippen LogP contribution in [0.1, 0.15) is 5.56 Å². The van der Waals surface area contributed by atoms with E-state index < -0.39 is 11.6 Å². The number of ether oxygens (including phenoxy) is 1. The van der Waals surface area contributed by atoms with Crippen molar-refractivity contribution < 1.29 is 13.5 Å². The topological polar surface area (TPSA) is 48.1 Å². The number of halogens is 2. The molecule has 0 atom stereocenters. The molecule has 0 radical (unpaired) electrons. The Kier molecular flexibility index (Phi) is 2.91. The Hall–Kier alpha value is -2.17. The number of nitrogens with zero attached hydrogens (tertiary/aromatic N) is 1. The molecule has 1 aromatic heterocycles. The molecule has 0 spiro atoms. The second-order valence-electron chi connectivity index (χ2n) is 3.56. The van der Waals surface area contributed by atoms with E-state index in [0.29, 0.717) is 5.69 Å². The smallest absolute Gasteiger partial charge is 0.221 e. The van der Waals surface area contributed by atoms with Crippen LogP contribution in [-0.2, 0) is 0 Å². The molecule has 0 saturated heterocycles. The SMILES string of the molecule is Cc1cnc(Oc2ccc(F)c(F)c2)cc1N. The normalized spacial score (nSPS) is 10.3. The monoisotopic (exact) mass is 236 g/mol. The molecular formula is C12H10F2N2O. The van der Waals surface area contributed by atoms with E-state index >= 15 is 0 Å². The third kappa shape index (κ3) is 2.50. The van der Waals surface area contributed by atoms with E-state index in [1.807, 2.05) is 6.92 Å². The van der Waals surface area contributed by atoms with Crippen molar-refractivity contribution in [1.82, 2.24) is 4.98 Å². The van der Waals surface area contributed by atoms with E-state index in [0.717, 1.165) is 17.7 Å². The fourth-order valence-corrected chi connectivity index (χ4v) is 1.24. The highest BCUT2D eigenvalue weighted by Gasteiger charge is 2.05. The van der Waals surface area contributed by atoms with Crippen LogP contribution in [0.25, 0.3) is 0 Å². The van der Waals surface area contributed by atoms with Gasteiger partial charge in [-0.05, 0) is 24.6 Å². The van der Waals surface area contributed by atoms with Gasteiger partial charge in [0.15, 0.2) is 11.6 Å². The van der Waals surface area contributed by atoms with E-state index in [2.05, 4.69) is 4.98 Å². The van der Waals surface area contributed by atoms with Gasteiger partial charge in [0, 0.05) is 24.0 Å². The van der Waals surface area contributed by atoms with Gasteiger partial charge in [-0.3, -0.25) is 0 Å². The van der Waals surface area contributed by atoms with Gasteiger partial charge in [-0.1, -0.05) is 0 Å². The number of hydrogen-bond donors (Lipinski definition) is 1. The maximum atomic E-state index is 12.9. The third-order valence-electron chi connectivity index (χ3n) is 2.23. The van der Waals surface area contributed by atoms with Crippen molar-refractivity contribution in [2.24, 2.45) is 0 Å². The van der Waals surface area contributed by atoms with Crippen LogP contribution in [0, 0.1) is 18.6 Å². The van der Waals surface area contributed by atoms with Crippen molar-refractivity contribution in [1.29, 1.82) is 0 Å². The number of aryl methyl sites for hydroxylation is 1. The minimum absolute atomic E-state index is 0.166. The van der Waals surface area contributed by atoms with Crippen LogP contribution in [0.15, 0.2) is 30.5 Å². The quantitative estimate of drug-likeness (QED) is 0.871. The number of nitrogen functional groups attached to an aromatic ring is 1. The summed E-state index contributed by atoms with van der Waals surface area (Å²) in [6.45, 7) is 1.81. The number of aromatic nitrogens is 1. The summed E-state index contributed by atoms with van der Waals surface area (Å²) < 4.78 is 30.9. The average molecular weight is 236 g/mol. The Morgan fingerprint density at radius 1 is 1.18 bits per heavy atom. The number of anilines is 1. The highest BCUT2D eigenvalue weighted by molar-refractivity contribution is 5.47. The van der Waals surface area contributed by atoms with Crippen LogP contribution in [-0.4, -0.2) is 4.98 Å². The molecule has 0 aliphatic heterocycles. The molecule has 1 aromatic carbocycles. The predicted octanol–water partition coefficient (Wildman–Crippen LogP) is 3.04. The molecule has 0 fully saturated rings. The first-order valence-electron chi connectivity index (χ1n) is 4.91. The number of benzene rings is 1. The van der Waals surface area contributed by atoms with Crippen molar-refractivity contribution in [3.63, 3.8) is 0 Å². The van der Waals surface area contributed by atoms with Gasteiger partial charge in [-0.15, -0.1) is 0 Å². The first-order chi connectivity index (χ1) is 8.06. The number of rotatable bonds is 2. The fraction of sp³-hybridized carbons (Fsp3) is 0.0833. The minimum atomic E-state index is -0.970. The summed E-state index contributed by atoms with van der Waals surface area (Å²) in [5.41, 5.74) is 7.02. The van der Waals surface area contributed by atoms with Gasteiger partial charge < -0.3 is 10.5 Å². The lowest BCUT2D eigenvalue weighted by atomic mass is 10.3. The van der Waals surface area contributed by atoms with E-state index in [-0.39, 0.29) is 11.6 Å². The van der Waals surface area contributed by atoms with Gasteiger partial charge in [0.2, 0.25) is 5.88 Å². The lowest BCUT2D eigenvalue weighted by molar-refractivity contribution is 0.448. The molecular weight excluding hydrogens is 226 g/mol. The maximum Gasteiger partial charge on any atom is 0.221 e. The average Bonchev–Trinajstić information content (AvgIpc) is 2.29. The molecule has 5 heteroatoms. The first-order valence-corrected chi connectivity index (χ1v) is 4.91. The largest absolute Gasteiger partial charge is 0.439 e. The van der Waals surface area contributed by atoms with Gasteiger partial charge in [0.25, 0.3) is 0 Å². The highest BCUT2D eigenvalue weighted by Crippen LogP contribution is 2.23. The molecule has 0 bridgehead atoms. The van der Waals surface area contributed by atoms with Crippen LogP contribution in [0.2, 0.25) is 0 Å². The molecule has 17 heavy (non-hydrogen) atoms. The summed E-state index contributed by atoms with van der Waals surface area (Å²) in [6, 6.07) is 4.78.